The molecule has 7 nitrogen and oxygen atoms in total. The summed E-state index contributed by atoms with van der Waals surface area (Å²) >= 11 is 0. The largest absolute Gasteiger partial charge is 0.416 e. The van der Waals surface area contributed by atoms with E-state index in [1.54, 1.807) is 17.3 Å². The van der Waals surface area contributed by atoms with Gasteiger partial charge in [0.05, 0.1) is 17.0 Å². The van der Waals surface area contributed by atoms with E-state index >= 15 is 0 Å². The zero-order valence-electron chi connectivity index (χ0n) is 28.0. The Kier molecular flexibility index (Phi) is 11.3. The number of halogens is 3. The summed E-state index contributed by atoms with van der Waals surface area (Å²) in [4.78, 5) is 43.3. The summed E-state index contributed by atoms with van der Waals surface area (Å²) in [7, 11) is 0. The van der Waals surface area contributed by atoms with E-state index in [0.29, 0.717) is 48.7 Å². The Labute approximate surface area is 295 Å². The molecule has 0 N–H and O–H groups in total. The average Bonchev–Trinajstić information content (AvgIpc) is 3.16. The predicted octanol–water partition coefficient (Wildman–Crippen LogP) is 7.16. The molecule has 0 spiro atoms. The van der Waals surface area contributed by atoms with E-state index in [-0.39, 0.29) is 18.9 Å². The van der Waals surface area contributed by atoms with E-state index in [9.17, 15) is 22.8 Å². The first-order chi connectivity index (χ1) is 24.7. The quantitative estimate of drug-likeness (QED) is 0.138. The monoisotopic (exact) mass is 689 g/mol. The van der Waals surface area contributed by atoms with Gasteiger partial charge in [-0.3, -0.25) is 24.5 Å². The molecule has 51 heavy (non-hydrogen) atoms. The lowest BCUT2D eigenvalue weighted by Crippen LogP contribution is -2.56. The van der Waals surface area contributed by atoms with Crippen LogP contribution in [0.4, 0.5) is 13.2 Å². The Balaban J connectivity index is 1.28. The van der Waals surface area contributed by atoms with Crippen molar-refractivity contribution in [2.75, 3.05) is 26.2 Å². The number of carbonyl (C=O) groups is 2. The molecule has 1 saturated heterocycles. The minimum Gasteiger partial charge on any atom is -0.338 e. The maximum Gasteiger partial charge on any atom is 0.416 e. The van der Waals surface area contributed by atoms with E-state index in [1.165, 1.54) is 29.8 Å². The Morgan fingerprint density at radius 3 is 1.98 bits per heavy atom. The van der Waals surface area contributed by atoms with Gasteiger partial charge >= 0.3 is 6.18 Å². The van der Waals surface area contributed by atoms with Gasteiger partial charge < -0.3 is 9.80 Å². The maximum atomic E-state index is 14.5. The summed E-state index contributed by atoms with van der Waals surface area (Å²) in [5.74, 6) is -0.603. The van der Waals surface area contributed by atoms with Gasteiger partial charge in [-0.15, -0.1) is 0 Å². The van der Waals surface area contributed by atoms with Crippen molar-refractivity contribution in [1.29, 1.82) is 0 Å². The Morgan fingerprint density at radius 1 is 0.725 bits per heavy atom. The summed E-state index contributed by atoms with van der Waals surface area (Å²) in [6, 6.07) is 32.8. The molecule has 1 atom stereocenters. The fraction of sp³-hybridized carbons (Fsp3) is 0.220. The molecule has 1 fully saturated rings. The molecule has 10 heteroatoms. The lowest BCUT2D eigenvalue weighted by molar-refractivity contribution is -0.145. The van der Waals surface area contributed by atoms with Crippen LogP contribution in [-0.4, -0.2) is 68.7 Å². The summed E-state index contributed by atoms with van der Waals surface area (Å²) in [6.45, 7) is 3.29. The molecule has 2 amide bonds. The summed E-state index contributed by atoms with van der Waals surface area (Å²) in [5.41, 5.74) is 3.85. The number of piperazine rings is 1. The molecule has 3 aromatic carbocycles. The third-order valence-corrected chi connectivity index (χ3v) is 8.91. The van der Waals surface area contributed by atoms with Crippen molar-refractivity contribution in [3.63, 3.8) is 0 Å². The van der Waals surface area contributed by atoms with Crippen molar-refractivity contribution >= 4 is 17.9 Å². The van der Waals surface area contributed by atoms with Crippen LogP contribution in [0.1, 0.15) is 27.8 Å². The van der Waals surface area contributed by atoms with Gasteiger partial charge in [-0.25, -0.2) is 0 Å². The van der Waals surface area contributed by atoms with Gasteiger partial charge in [-0.1, -0.05) is 84.9 Å². The second kappa shape index (κ2) is 16.4. The number of aromatic nitrogens is 2. The number of alkyl halides is 3. The minimum atomic E-state index is -4.47. The predicted molar refractivity (Wildman–Crippen MR) is 191 cm³/mol. The SMILES string of the molecule is O=C([C@H](Cc1ccccc1)N(Cc1ccc(-c2ccccn2)nc1)C(=O)/C=C/c1ccc(C(F)(F)F)cc1)N1CCN(Cc2ccccc2)CC1. The van der Waals surface area contributed by atoms with E-state index < -0.39 is 23.7 Å². The third-order valence-electron chi connectivity index (χ3n) is 8.91. The molecule has 0 bridgehead atoms. The maximum absolute atomic E-state index is 14.5. The van der Waals surface area contributed by atoms with Gasteiger partial charge in [0.25, 0.3) is 0 Å². The van der Waals surface area contributed by atoms with Crippen molar-refractivity contribution in [3.05, 3.63) is 162 Å². The first-order valence-electron chi connectivity index (χ1n) is 16.8. The van der Waals surface area contributed by atoms with Gasteiger partial charge in [0.15, 0.2) is 0 Å². The number of pyridine rings is 2. The molecule has 1 aliphatic rings. The number of nitrogens with zero attached hydrogens (tertiary/aromatic N) is 5. The molecule has 0 aliphatic carbocycles. The average molecular weight is 690 g/mol. The first kappa shape index (κ1) is 35.2. The summed E-state index contributed by atoms with van der Waals surface area (Å²) in [6.07, 6.45) is 1.98. The highest BCUT2D eigenvalue weighted by Gasteiger charge is 2.34. The molecule has 5 aromatic rings. The fourth-order valence-electron chi connectivity index (χ4n) is 6.12. The van der Waals surface area contributed by atoms with Gasteiger partial charge in [0.2, 0.25) is 11.8 Å². The number of hydrogen-bond acceptors (Lipinski definition) is 5. The van der Waals surface area contributed by atoms with Crippen molar-refractivity contribution in [3.8, 4) is 11.4 Å². The third kappa shape index (κ3) is 9.55. The minimum absolute atomic E-state index is 0.0862. The van der Waals surface area contributed by atoms with E-state index in [1.807, 2.05) is 83.8 Å². The van der Waals surface area contributed by atoms with Gasteiger partial charge in [-0.2, -0.15) is 13.2 Å². The number of benzene rings is 3. The van der Waals surface area contributed by atoms with Gasteiger partial charge in [0, 0.05) is 64.2 Å². The van der Waals surface area contributed by atoms with Crippen LogP contribution >= 0.6 is 0 Å². The standard InChI is InChI=1S/C41H38F3N5O2/c42-41(43,44)35-18-14-31(15-19-35)17-21-39(50)49(30-34-16-20-37(46-28-34)36-13-7-8-22-45-36)38(27-32-9-3-1-4-10-32)40(51)48-25-23-47(24-26-48)29-33-11-5-2-6-12-33/h1-22,28,38H,23-27,29-30H2/b21-17+/t38-/m0/s1. The molecule has 0 radical (unpaired) electrons. The lowest BCUT2D eigenvalue weighted by Gasteiger charge is -2.39. The normalized spacial score (nSPS) is 14.4. The van der Waals surface area contributed by atoms with Crippen LogP contribution in [0.15, 0.2) is 134 Å². The van der Waals surface area contributed by atoms with Crippen molar-refractivity contribution in [2.24, 2.45) is 0 Å². The number of carbonyl (C=O) groups excluding carboxylic acids is 2. The highest BCUT2D eigenvalue weighted by molar-refractivity contribution is 5.95. The lowest BCUT2D eigenvalue weighted by atomic mass is 10.0. The zero-order chi connectivity index (χ0) is 35.6. The molecular formula is C41H38F3N5O2. The van der Waals surface area contributed by atoms with Crippen molar-refractivity contribution < 1.29 is 22.8 Å². The highest BCUT2D eigenvalue weighted by atomic mass is 19.4. The van der Waals surface area contributed by atoms with Crippen LogP contribution in [0.2, 0.25) is 0 Å². The van der Waals surface area contributed by atoms with Crippen molar-refractivity contribution in [2.45, 2.75) is 31.7 Å². The van der Waals surface area contributed by atoms with Crippen LogP contribution in [0, 0.1) is 0 Å². The molecular weight excluding hydrogens is 651 g/mol. The number of amides is 2. The topological polar surface area (TPSA) is 69.6 Å². The van der Waals surface area contributed by atoms with E-state index in [0.717, 1.165) is 24.2 Å². The van der Waals surface area contributed by atoms with Crippen molar-refractivity contribution in [1.82, 2.24) is 24.7 Å². The molecule has 0 saturated carbocycles. The van der Waals surface area contributed by atoms with Crippen LogP contribution in [-0.2, 0) is 35.3 Å². The summed E-state index contributed by atoms with van der Waals surface area (Å²) < 4.78 is 39.5. The molecule has 260 valence electrons. The van der Waals surface area contributed by atoms with Gasteiger partial charge in [0.1, 0.15) is 6.04 Å². The molecule has 0 unspecified atom stereocenters. The second-order valence-electron chi connectivity index (χ2n) is 12.5. The summed E-state index contributed by atoms with van der Waals surface area (Å²) in [5, 5.41) is 0. The highest BCUT2D eigenvalue weighted by Crippen LogP contribution is 2.29. The van der Waals surface area contributed by atoms with Gasteiger partial charge in [-0.05, 0) is 58.7 Å². The van der Waals surface area contributed by atoms with E-state index in [4.69, 9.17) is 0 Å². The van der Waals surface area contributed by atoms with E-state index in [2.05, 4.69) is 27.0 Å². The fourth-order valence-corrected chi connectivity index (χ4v) is 6.12. The van der Waals surface area contributed by atoms with Crippen LogP contribution in [0.3, 0.4) is 0 Å². The second-order valence-corrected chi connectivity index (χ2v) is 12.5. The molecule has 3 heterocycles. The Morgan fingerprint density at radius 2 is 1.37 bits per heavy atom. The zero-order valence-corrected chi connectivity index (χ0v) is 28.0. The first-order valence-corrected chi connectivity index (χ1v) is 16.8. The Bertz CT molecular complexity index is 1900. The van der Waals surface area contributed by atoms with Crippen LogP contribution in [0.25, 0.3) is 17.5 Å². The van der Waals surface area contributed by atoms with Crippen LogP contribution < -0.4 is 0 Å². The molecule has 6 rings (SSSR count). The smallest absolute Gasteiger partial charge is 0.338 e. The molecule has 2 aromatic heterocycles. The number of hydrogen-bond donors (Lipinski definition) is 0. The molecule has 1 aliphatic heterocycles. The van der Waals surface area contributed by atoms with Crippen LogP contribution in [0.5, 0.6) is 0 Å². The number of rotatable bonds is 11. The Hall–Kier alpha value is -5.61.